The highest BCUT2D eigenvalue weighted by Gasteiger charge is 2.30. The van der Waals surface area contributed by atoms with Gasteiger partial charge in [-0.05, 0) is 45.2 Å². The lowest BCUT2D eigenvalue weighted by Gasteiger charge is -2.19. The third-order valence-corrected chi connectivity index (χ3v) is 4.77. The van der Waals surface area contributed by atoms with Crippen molar-refractivity contribution in [2.24, 2.45) is 0 Å². The Bertz CT molecular complexity index is 319. The molecule has 108 valence electrons. The fourth-order valence-corrected chi connectivity index (χ4v) is 3.69. The topological polar surface area (TPSA) is 67.4 Å². The average Bonchev–Trinajstić information content (AvgIpc) is 2.75. The largest absolute Gasteiger partial charge is 0.380 e. The van der Waals surface area contributed by atoms with E-state index in [4.69, 9.17) is 4.74 Å². The first-order valence-electron chi connectivity index (χ1n) is 6.82. The Kier molecular flexibility index (Phi) is 7.14. The van der Waals surface area contributed by atoms with Gasteiger partial charge in [0.05, 0.1) is 11.9 Å². The van der Waals surface area contributed by atoms with Crippen molar-refractivity contribution in [3.8, 4) is 0 Å². The van der Waals surface area contributed by atoms with Crippen LogP contribution in [-0.4, -0.2) is 46.5 Å². The molecule has 0 aromatic carbocycles. The Hall–Kier alpha value is -0.170. The van der Waals surface area contributed by atoms with Crippen LogP contribution in [0.5, 0.6) is 0 Å². The lowest BCUT2D eigenvalue weighted by molar-refractivity contribution is 0.0916. The first kappa shape index (κ1) is 15.9. The van der Waals surface area contributed by atoms with Crippen LogP contribution >= 0.6 is 0 Å². The molecule has 0 heterocycles. The number of rotatable bonds is 9. The van der Waals surface area contributed by atoms with Crippen LogP contribution < -0.4 is 10.0 Å². The highest BCUT2D eigenvalue weighted by molar-refractivity contribution is 7.89. The highest BCUT2D eigenvalue weighted by Crippen LogP contribution is 2.22. The smallest absolute Gasteiger partial charge is 0.211 e. The third kappa shape index (κ3) is 5.65. The van der Waals surface area contributed by atoms with Gasteiger partial charge in [0, 0.05) is 13.2 Å². The van der Waals surface area contributed by atoms with E-state index in [-0.39, 0.29) is 17.9 Å². The van der Waals surface area contributed by atoms with Crippen LogP contribution in [0.25, 0.3) is 0 Å². The summed E-state index contributed by atoms with van der Waals surface area (Å²) in [5.41, 5.74) is 0. The summed E-state index contributed by atoms with van der Waals surface area (Å²) in [5.74, 6) is 0.191. The zero-order chi connectivity index (χ0) is 13.4. The van der Waals surface area contributed by atoms with Crippen LogP contribution in [0, 0.1) is 0 Å². The molecule has 1 rings (SSSR count). The van der Waals surface area contributed by atoms with E-state index in [1.165, 1.54) is 0 Å². The average molecular weight is 278 g/mol. The Morgan fingerprint density at radius 1 is 1.28 bits per heavy atom. The predicted octanol–water partition coefficient (Wildman–Crippen LogP) is 0.863. The molecule has 0 radical (unpaired) electrons. The van der Waals surface area contributed by atoms with Crippen molar-refractivity contribution in [1.29, 1.82) is 0 Å². The van der Waals surface area contributed by atoms with E-state index in [2.05, 4.69) is 17.0 Å². The van der Waals surface area contributed by atoms with Crippen molar-refractivity contribution in [3.63, 3.8) is 0 Å². The van der Waals surface area contributed by atoms with Crippen molar-refractivity contribution in [2.45, 2.75) is 51.2 Å². The second-order valence-electron chi connectivity index (χ2n) is 4.85. The molecule has 0 amide bonds. The van der Waals surface area contributed by atoms with Gasteiger partial charge in [-0.25, -0.2) is 13.1 Å². The van der Waals surface area contributed by atoms with Gasteiger partial charge in [-0.3, -0.25) is 0 Å². The van der Waals surface area contributed by atoms with Crippen LogP contribution in [0.2, 0.25) is 0 Å². The number of nitrogens with one attached hydrogen (secondary N) is 2. The summed E-state index contributed by atoms with van der Waals surface area (Å²) < 4.78 is 31.8. The first-order chi connectivity index (χ1) is 8.59. The van der Waals surface area contributed by atoms with Crippen molar-refractivity contribution in [2.75, 3.05) is 26.0 Å². The molecule has 0 aliphatic heterocycles. The fourth-order valence-electron chi connectivity index (χ4n) is 2.32. The lowest BCUT2D eigenvalue weighted by atomic mass is 10.2. The second kappa shape index (κ2) is 8.09. The maximum Gasteiger partial charge on any atom is 0.211 e. The summed E-state index contributed by atoms with van der Waals surface area (Å²) in [6.07, 6.45) is 4.62. The normalized spacial score (nSPS) is 24.6. The maximum absolute atomic E-state index is 11.9. The minimum Gasteiger partial charge on any atom is -0.380 e. The Balaban J connectivity index is 2.26. The quantitative estimate of drug-likeness (QED) is 0.614. The molecule has 0 spiro atoms. The van der Waals surface area contributed by atoms with E-state index in [1.54, 1.807) is 7.11 Å². The highest BCUT2D eigenvalue weighted by atomic mass is 32.2. The van der Waals surface area contributed by atoms with Gasteiger partial charge < -0.3 is 10.1 Å². The molecule has 0 saturated heterocycles. The summed E-state index contributed by atoms with van der Waals surface area (Å²) in [6, 6.07) is -0.0383. The van der Waals surface area contributed by atoms with Crippen LogP contribution in [-0.2, 0) is 14.8 Å². The summed E-state index contributed by atoms with van der Waals surface area (Å²) >= 11 is 0. The van der Waals surface area contributed by atoms with Gasteiger partial charge in [-0.15, -0.1) is 0 Å². The molecule has 1 aliphatic carbocycles. The van der Waals surface area contributed by atoms with Gasteiger partial charge in [0.15, 0.2) is 0 Å². The molecule has 2 N–H and O–H groups in total. The van der Waals surface area contributed by atoms with Crippen molar-refractivity contribution >= 4 is 10.0 Å². The molecule has 0 aromatic rings. The molecule has 1 saturated carbocycles. The fraction of sp³-hybridized carbons (Fsp3) is 1.00. The van der Waals surface area contributed by atoms with Crippen molar-refractivity contribution in [3.05, 3.63) is 0 Å². The first-order valence-corrected chi connectivity index (χ1v) is 8.48. The lowest BCUT2D eigenvalue weighted by Crippen LogP contribution is -2.42. The number of hydrogen-bond acceptors (Lipinski definition) is 4. The van der Waals surface area contributed by atoms with Crippen molar-refractivity contribution < 1.29 is 13.2 Å². The Morgan fingerprint density at radius 2 is 2.06 bits per heavy atom. The van der Waals surface area contributed by atoms with E-state index in [9.17, 15) is 8.42 Å². The summed E-state index contributed by atoms with van der Waals surface area (Å²) in [7, 11) is -1.52. The molecule has 18 heavy (non-hydrogen) atoms. The maximum atomic E-state index is 11.9. The Morgan fingerprint density at radius 3 is 2.72 bits per heavy atom. The summed E-state index contributed by atoms with van der Waals surface area (Å²) in [5, 5.41) is 3.20. The predicted molar refractivity (Wildman–Crippen MR) is 73.1 cm³/mol. The number of ether oxygens (including phenoxy) is 1. The van der Waals surface area contributed by atoms with Crippen LogP contribution in [0.3, 0.4) is 0 Å². The van der Waals surface area contributed by atoms with Gasteiger partial charge in [0.1, 0.15) is 0 Å². The van der Waals surface area contributed by atoms with E-state index in [0.717, 1.165) is 38.8 Å². The molecule has 5 nitrogen and oxygen atoms in total. The second-order valence-corrected chi connectivity index (χ2v) is 6.73. The van der Waals surface area contributed by atoms with Gasteiger partial charge >= 0.3 is 0 Å². The molecule has 2 atom stereocenters. The minimum atomic E-state index is -3.17. The van der Waals surface area contributed by atoms with Crippen LogP contribution in [0.15, 0.2) is 0 Å². The van der Waals surface area contributed by atoms with Crippen LogP contribution in [0.1, 0.15) is 39.0 Å². The van der Waals surface area contributed by atoms with E-state index in [1.807, 2.05) is 0 Å². The molecule has 1 fully saturated rings. The monoisotopic (exact) mass is 278 g/mol. The SMILES string of the molecule is CCCNCCCS(=O)(=O)NC1CCCC1OC. The standard InChI is InChI=1S/C12H26N2O3S/c1-3-8-13-9-5-10-18(15,16)14-11-6-4-7-12(11)17-2/h11-14H,3-10H2,1-2H3. The molecular formula is C12H26N2O3S. The van der Waals surface area contributed by atoms with E-state index < -0.39 is 10.0 Å². The minimum absolute atomic E-state index is 0.0383. The van der Waals surface area contributed by atoms with Gasteiger partial charge in [0.2, 0.25) is 10.0 Å². The number of methoxy groups -OCH3 is 1. The number of hydrogen-bond donors (Lipinski definition) is 2. The molecular weight excluding hydrogens is 252 g/mol. The molecule has 1 aliphatic rings. The Labute approximate surface area is 111 Å². The molecule has 6 heteroatoms. The molecule has 2 unspecified atom stereocenters. The van der Waals surface area contributed by atoms with Gasteiger partial charge in [-0.2, -0.15) is 0 Å². The third-order valence-electron chi connectivity index (χ3n) is 3.28. The van der Waals surface area contributed by atoms with E-state index >= 15 is 0 Å². The summed E-state index contributed by atoms with van der Waals surface area (Å²) in [4.78, 5) is 0. The molecule has 0 aromatic heterocycles. The number of sulfonamides is 1. The zero-order valence-electron chi connectivity index (χ0n) is 11.4. The molecule has 0 bridgehead atoms. The van der Waals surface area contributed by atoms with E-state index in [0.29, 0.717) is 6.42 Å². The summed E-state index contributed by atoms with van der Waals surface area (Å²) in [6.45, 7) is 3.80. The van der Waals surface area contributed by atoms with Crippen molar-refractivity contribution in [1.82, 2.24) is 10.0 Å². The zero-order valence-corrected chi connectivity index (χ0v) is 12.3. The van der Waals surface area contributed by atoms with Gasteiger partial charge in [-0.1, -0.05) is 6.92 Å². The van der Waals surface area contributed by atoms with Crippen LogP contribution in [0.4, 0.5) is 0 Å². The van der Waals surface area contributed by atoms with Gasteiger partial charge in [0.25, 0.3) is 0 Å².